The highest BCUT2D eigenvalue weighted by molar-refractivity contribution is 5.85. The molecule has 3 heteroatoms. The van der Waals surface area contributed by atoms with Crippen LogP contribution in [0.25, 0.3) is 6.08 Å². The molecule has 0 aromatic heterocycles. The molecular weight excluding hydrogens is 188 g/mol. The van der Waals surface area contributed by atoms with Gasteiger partial charge < -0.3 is 4.74 Å². The Balaban J connectivity index is 0.00000144. The summed E-state index contributed by atoms with van der Waals surface area (Å²) >= 11 is 0. The van der Waals surface area contributed by atoms with Crippen molar-refractivity contribution in [1.29, 1.82) is 0 Å². The second kappa shape index (κ2) is 5.38. The van der Waals surface area contributed by atoms with Crippen LogP contribution in [0.15, 0.2) is 30.8 Å². The van der Waals surface area contributed by atoms with Gasteiger partial charge in [-0.1, -0.05) is 24.8 Å². The third kappa shape index (κ3) is 3.76. The lowest BCUT2D eigenvalue weighted by atomic mass is 10.2. The molecular formula is C10H11ClO2. The average Bonchev–Trinajstić information content (AvgIpc) is 2.05. The van der Waals surface area contributed by atoms with Gasteiger partial charge in [0.25, 0.3) is 0 Å². The zero-order valence-corrected chi connectivity index (χ0v) is 8.14. The minimum Gasteiger partial charge on any atom is -0.427 e. The molecule has 1 aromatic carbocycles. The molecule has 0 amide bonds. The molecule has 0 aliphatic rings. The molecule has 13 heavy (non-hydrogen) atoms. The number of hydrogen-bond acceptors (Lipinski definition) is 2. The molecule has 0 unspecified atom stereocenters. The molecule has 0 fully saturated rings. The van der Waals surface area contributed by atoms with Crippen LogP contribution in [0, 0.1) is 0 Å². The summed E-state index contributed by atoms with van der Waals surface area (Å²) in [5, 5.41) is 0. The molecule has 70 valence electrons. The van der Waals surface area contributed by atoms with Crippen molar-refractivity contribution in [2.24, 2.45) is 0 Å². The number of esters is 1. The number of ether oxygens (including phenoxy) is 1. The molecule has 0 bridgehead atoms. The Morgan fingerprint density at radius 3 is 2.31 bits per heavy atom. The minimum absolute atomic E-state index is 0. The Morgan fingerprint density at radius 2 is 1.92 bits per heavy atom. The van der Waals surface area contributed by atoms with Gasteiger partial charge in [-0.05, 0) is 17.7 Å². The number of halogens is 1. The number of carbonyl (C=O) groups is 1. The van der Waals surface area contributed by atoms with Gasteiger partial charge in [-0.3, -0.25) is 4.79 Å². The summed E-state index contributed by atoms with van der Waals surface area (Å²) in [5.74, 6) is 0.259. The van der Waals surface area contributed by atoms with Crippen molar-refractivity contribution in [1.82, 2.24) is 0 Å². The second-order valence-electron chi connectivity index (χ2n) is 2.37. The SMILES string of the molecule is C=Cc1ccc(OC(C)=O)cc1.Cl. The largest absolute Gasteiger partial charge is 0.427 e. The van der Waals surface area contributed by atoms with E-state index in [4.69, 9.17) is 4.74 Å². The Bertz CT molecular complexity index is 290. The maximum Gasteiger partial charge on any atom is 0.308 e. The summed E-state index contributed by atoms with van der Waals surface area (Å²) in [5.41, 5.74) is 1.01. The van der Waals surface area contributed by atoms with E-state index in [1.165, 1.54) is 6.92 Å². The highest BCUT2D eigenvalue weighted by Crippen LogP contribution is 2.12. The van der Waals surface area contributed by atoms with Gasteiger partial charge in [0.15, 0.2) is 0 Å². The van der Waals surface area contributed by atoms with Crippen LogP contribution in [0.2, 0.25) is 0 Å². The fraction of sp³-hybridized carbons (Fsp3) is 0.100. The molecule has 0 radical (unpaired) electrons. The van der Waals surface area contributed by atoms with Gasteiger partial charge in [0.05, 0.1) is 0 Å². The van der Waals surface area contributed by atoms with E-state index in [1.807, 2.05) is 12.1 Å². The number of hydrogen-bond donors (Lipinski definition) is 0. The van der Waals surface area contributed by atoms with Crippen LogP contribution in [-0.4, -0.2) is 5.97 Å². The van der Waals surface area contributed by atoms with Crippen LogP contribution < -0.4 is 4.74 Å². The van der Waals surface area contributed by atoms with Crippen LogP contribution >= 0.6 is 12.4 Å². The van der Waals surface area contributed by atoms with Crippen LogP contribution in [-0.2, 0) is 4.79 Å². The summed E-state index contributed by atoms with van der Waals surface area (Å²) in [6.07, 6.45) is 1.73. The van der Waals surface area contributed by atoms with Crippen LogP contribution in [0.4, 0.5) is 0 Å². The molecule has 0 N–H and O–H groups in total. The van der Waals surface area contributed by atoms with E-state index in [0.717, 1.165) is 5.56 Å². The Hall–Kier alpha value is -1.28. The lowest BCUT2D eigenvalue weighted by Crippen LogP contribution is -2.00. The van der Waals surface area contributed by atoms with E-state index in [9.17, 15) is 4.79 Å². The van der Waals surface area contributed by atoms with Gasteiger partial charge in [-0.2, -0.15) is 0 Å². The molecule has 0 aliphatic carbocycles. The van der Waals surface area contributed by atoms with Gasteiger partial charge >= 0.3 is 5.97 Å². The molecule has 0 aliphatic heterocycles. The molecule has 1 rings (SSSR count). The minimum atomic E-state index is -0.304. The quantitative estimate of drug-likeness (QED) is 0.540. The first-order chi connectivity index (χ1) is 5.72. The predicted octanol–water partition coefficient (Wildman–Crippen LogP) is 2.68. The highest BCUT2D eigenvalue weighted by atomic mass is 35.5. The lowest BCUT2D eigenvalue weighted by molar-refractivity contribution is -0.131. The predicted molar refractivity (Wildman–Crippen MR) is 55.1 cm³/mol. The van der Waals surface area contributed by atoms with Gasteiger partial charge in [-0.15, -0.1) is 12.4 Å². The van der Waals surface area contributed by atoms with E-state index in [0.29, 0.717) is 5.75 Å². The molecule has 1 aromatic rings. The van der Waals surface area contributed by atoms with Crippen LogP contribution in [0.3, 0.4) is 0 Å². The monoisotopic (exact) mass is 198 g/mol. The average molecular weight is 199 g/mol. The van der Waals surface area contributed by atoms with Gasteiger partial charge in [-0.25, -0.2) is 0 Å². The van der Waals surface area contributed by atoms with Gasteiger partial charge in [0.1, 0.15) is 5.75 Å². The summed E-state index contributed by atoms with van der Waals surface area (Å²) in [6, 6.07) is 7.15. The Morgan fingerprint density at radius 1 is 1.38 bits per heavy atom. The fourth-order valence-electron chi connectivity index (χ4n) is 0.838. The van der Waals surface area contributed by atoms with E-state index < -0.39 is 0 Å². The normalized spacial score (nSPS) is 8.38. The fourth-order valence-corrected chi connectivity index (χ4v) is 0.838. The second-order valence-corrected chi connectivity index (χ2v) is 2.37. The third-order valence-electron chi connectivity index (χ3n) is 1.38. The summed E-state index contributed by atoms with van der Waals surface area (Å²) in [7, 11) is 0. The van der Waals surface area contributed by atoms with E-state index in [1.54, 1.807) is 18.2 Å². The zero-order valence-electron chi connectivity index (χ0n) is 7.32. The van der Waals surface area contributed by atoms with Crippen molar-refractivity contribution < 1.29 is 9.53 Å². The molecule has 0 heterocycles. The maximum absolute atomic E-state index is 10.5. The van der Waals surface area contributed by atoms with Crippen molar-refractivity contribution in [2.75, 3.05) is 0 Å². The molecule has 0 atom stereocenters. The lowest BCUT2D eigenvalue weighted by Gasteiger charge is -1.99. The van der Waals surface area contributed by atoms with Crippen molar-refractivity contribution >= 4 is 24.5 Å². The first-order valence-corrected chi connectivity index (χ1v) is 3.63. The maximum atomic E-state index is 10.5. The van der Waals surface area contributed by atoms with Crippen LogP contribution in [0.5, 0.6) is 5.75 Å². The van der Waals surface area contributed by atoms with Gasteiger partial charge in [0, 0.05) is 6.92 Å². The van der Waals surface area contributed by atoms with Crippen molar-refractivity contribution in [3.63, 3.8) is 0 Å². The highest BCUT2D eigenvalue weighted by Gasteiger charge is 1.95. The van der Waals surface area contributed by atoms with E-state index >= 15 is 0 Å². The first-order valence-electron chi connectivity index (χ1n) is 3.63. The van der Waals surface area contributed by atoms with Crippen molar-refractivity contribution in [3.8, 4) is 5.75 Å². The number of rotatable bonds is 2. The topological polar surface area (TPSA) is 26.3 Å². The first kappa shape index (κ1) is 11.7. The van der Waals surface area contributed by atoms with Gasteiger partial charge in [0.2, 0.25) is 0 Å². The van der Waals surface area contributed by atoms with E-state index in [2.05, 4.69) is 6.58 Å². The Labute approximate surface area is 83.6 Å². The van der Waals surface area contributed by atoms with Crippen molar-refractivity contribution in [2.45, 2.75) is 6.92 Å². The summed E-state index contributed by atoms with van der Waals surface area (Å²) in [4.78, 5) is 10.5. The smallest absolute Gasteiger partial charge is 0.308 e. The zero-order chi connectivity index (χ0) is 8.97. The molecule has 2 nitrogen and oxygen atoms in total. The molecule has 0 saturated carbocycles. The van der Waals surface area contributed by atoms with E-state index in [-0.39, 0.29) is 18.4 Å². The third-order valence-corrected chi connectivity index (χ3v) is 1.38. The van der Waals surface area contributed by atoms with Crippen molar-refractivity contribution in [3.05, 3.63) is 36.4 Å². The number of benzene rings is 1. The summed E-state index contributed by atoms with van der Waals surface area (Å²) < 4.78 is 4.84. The standard InChI is InChI=1S/C10H10O2.ClH/c1-3-9-4-6-10(7-5-9)12-8(2)11;/h3-7H,1H2,2H3;1H. The molecule has 0 spiro atoms. The Kier molecular flexibility index (Phi) is 4.85. The summed E-state index contributed by atoms with van der Waals surface area (Å²) in [6.45, 7) is 4.99. The van der Waals surface area contributed by atoms with Crippen LogP contribution in [0.1, 0.15) is 12.5 Å². The number of carbonyl (C=O) groups excluding carboxylic acids is 1. The molecule has 0 saturated heterocycles.